The van der Waals surface area contributed by atoms with Gasteiger partial charge in [-0.3, -0.25) is 14.6 Å². The molecule has 1 aliphatic heterocycles. The highest BCUT2D eigenvalue weighted by Crippen LogP contribution is 2.12. The minimum Gasteiger partial charge on any atom is -0.352 e. The average Bonchev–Trinajstić information content (AvgIpc) is 2.74. The molecule has 1 N–H and O–H groups in total. The molecule has 28 heavy (non-hydrogen) atoms. The number of amides is 2. The Morgan fingerprint density at radius 3 is 2.46 bits per heavy atom. The highest BCUT2D eigenvalue weighted by molar-refractivity contribution is 5.98. The van der Waals surface area contributed by atoms with Crippen molar-refractivity contribution >= 4 is 17.8 Å². The lowest BCUT2D eigenvalue weighted by molar-refractivity contribution is 0.0740. The topological polar surface area (TPSA) is 91.3 Å². The van der Waals surface area contributed by atoms with Gasteiger partial charge in [-0.2, -0.15) is 0 Å². The van der Waals surface area contributed by atoms with E-state index in [2.05, 4.69) is 39.0 Å². The molecule has 148 valence electrons. The van der Waals surface area contributed by atoms with Crippen molar-refractivity contribution in [2.75, 3.05) is 37.6 Å². The molecule has 3 rings (SSSR count). The molecule has 0 atom stereocenters. The highest BCUT2D eigenvalue weighted by atomic mass is 16.2. The summed E-state index contributed by atoms with van der Waals surface area (Å²) in [4.78, 5) is 41.6. The standard InChI is InChI=1S/C20H26N6O2/c1-15(2)4-8-22-18(27)16-5-9-21-17(14-16)19(28)25-10-12-26(13-11-25)20-23-6-3-7-24-20/h3,5-7,9,14-15H,4,8,10-13H2,1-2H3,(H,22,27). The van der Waals surface area contributed by atoms with Gasteiger partial charge in [0.25, 0.3) is 11.8 Å². The summed E-state index contributed by atoms with van der Waals surface area (Å²) in [6.07, 6.45) is 5.85. The second-order valence-electron chi connectivity index (χ2n) is 7.20. The normalized spacial score (nSPS) is 14.2. The first-order chi connectivity index (χ1) is 13.5. The first-order valence-corrected chi connectivity index (χ1v) is 9.60. The summed E-state index contributed by atoms with van der Waals surface area (Å²) in [5.74, 6) is 0.858. The molecule has 8 heteroatoms. The number of hydrogen-bond acceptors (Lipinski definition) is 6. The maximum absolute atomic E-state index is 12.8. The Morgan fingerprint density at radius 1 is 1.07 bits per heavy atom. The predicted octanol–water partition coefficient (Wildman–Crippen LogP) is 1.61. The minimum absolute atomic E-state index is 0.162. The molecule has 2 amide bonds. The Morgan fingerprint density at radius 2 is 1.79 bits per heavy atom. The second kappa shape index (κ2) is 9.25. The highest BCUT2D eigenvalue weighted by Gasteiger charge is 2.24. The van der Waals surface area contributed by atoms with Crippen LogP contribution < -0.4 is 10.2 Å². The summed E-state index contributed by atoms with van der Waals surface area (Å²) >= 11 is 0. The molecular formula is C20H26N6O2. The zero-order valence-electron chi connectivity index (χ0n) is 16.3. The third-order valence-electron chi connectivity index (χ3n) is 4.65. The van der Waals surface area contributed by atoms with Gasteiger partial charge in [-0.1, -0.05) is 13.8 Å². The molecule has 1 aliphatic rings. The summed E-state index contributed by atoms with van der Waals surface area (Å²) in [6, 6.07) is 4.98. The number of aromatic nitrogens is 3. The van der Waals surface area contributed by atoms with Crippen molar-refractivity contribution in [2.45, 2.75) is 20.3 Å². The second-order valence-corrected chi connectivity index (χ2v) is 7.20. The van der Waals surface area contributed by atoms with Gasteiger partial charge in [0.1, 0.15) is 5.69 Å². The van der Waals surface area contributed by atoms with E-state index in [1.165, 1.54) is 6.20 Å². The van der Waals surface area contributed by atoms with E-state index in [9.17, 15) is 9.59 Å². The van der Waals surface area contributed by atoms with Crippen LogP contribution in [0.15, 0.2) is 36.8 Å². The van der Waals surface area contributed by atoms with Crippen LogP contribution in [-0.2, 0) is 0 Å². The molecule has 0 spiro atoms. The number of nitrogens with zero attached hydrogens (tertiary/aromatic N) is 5. The number of nitrogens with one attached hydrogen (secondary N) is 1. The number of rotatable bonds is 6. The summed E-state index contributed by atoms with van der Waals surface area (Å²) in [5.41, 5.74) is 0.749. The third kappa shape index (κ3) is 5.03. The van der Waals surface area contributed by atoms with Crippen molar-refractivity contribution in [3.05, 3.63) is 48.0 Å². The summed E-state index contributed by atoms with van der Waals surface area (Å²) < 4.78 is 0. The molecular weight excluding hydrogens is 356 g/mol. The molecule has 0 unspecified atom stereocenters. The van der Waals surface area contributed by atoms with Gasteiger partial charge in [0.05, 0.1) is 0 Å². The number of anilines is 1. The Labute approximate surface area is 165 Å². The predicted molar refractivity (Wildman–Crippen MR) is 106 cm³/mol. The van der Waals surface area contributed by atoms with Crippen molar-refractivity contribution in [1.29, 1.82) is 0 Å². The molecule has 0 aromatic carbocycles. The fourth-order valence-electron chi connectivity index (χ4n) is 2.99. The number of pyridine rings is 1. The zero-order valence-corrected chi connectivity index (χ0v) is 16.3. The molecule has 2 aromatic heterocycles. The Hall–Kier alpha value is -3.03. The Kier molecular flexibility index (Phi) is 6.52. The zero-order chi connectivity index (χ0) is 19.9. The van der Waals surface area contributed by atoms with Gasteiger partial charge in [-0.25, -0.2) is 9.97 Å². The van der Waals surface area contributed by atoms with Crippen molar-refractivity contribution in [3.63, 3.8) is 0 Å². The molecule has 3 heterocycles. The van der Waals surface area contributed by atoms with E-state index in [0.29, 0.717) is 55.8 Å². The summed E-state index contributed by atoms with van der Waals surface area (Å²) in [5, 5.41) is 2.89. The van der Waals surface area contributed by atoms with Gasteiger partial charge in [0.15, 0.2) is 0 Å². The van der Waals surface area contributed by atoms with Crippen molar-refractivity contribution in [2.24, 2.45) is 5.92 Å². The number of carbonyl (C=O) groups is 2. The number of piperazine rings is 1. The van der Waals surface area contributed by atoms with Crippen LogP contribution in [0.1, 0.15) is 41.1 Å². The monoisotopic (exact) mass is 382 g/mol. The lowest BCUT2D eigenvalue weighted by Gasteiger charge is -2.34. The number of carbonyl (C=O) groups excluding carboxylic acids is 2. The molecule has 8 nitrogen and oxygen atoms in total. The maximum Gasteiger partial charge on any atom is 0.272 e. The van der Waals surface area contributed by atoms with Crippen LogP contribution in [0.5, 0.6) is 0 Å². The van der Waals surface area contributed by atoms with Gasteiger partial charge in [-0.15, -0.1) is 0 Å². The molecule has 0 radical (unpaired) electrons. The van der Waals surface area contributed by atoms with E-state index in [1.807, 2.05) is 0 Å². The third-order valence-corrected chi connectivity index (χ3v) is 4.65. The van der Waals surface area contributed by atoms with Gasteiger partial charge in [0, 0.05) is 56.9 Å². The quantitative estimate of drug-likeness (QED) is 0.816. The van der Waals surface area contributed by atoms with Crippen LogP contribution in [0.2, 0.25) is 0 Å². The minimum atomic E-state index is -0.178. The summed E-state index contributed by atoms with van der Waals surface area (Å²) in [7, 11) is 0. The van der Waals surface area contributed by atoms with E-state index in [1.54, 1.807) is 35.5 Å². The van der Waals surface area contributed by atoms with Gasteiger partial charge < -0.3 is 15.1 Å². The summed E-state index contributed by atoms with van der Waals surface area (Å²) in [6.45, 7) is 7.27. The first kappa shape index (κ1) is 19.7. The average molecular weight is 382 g/mol. The fraction of sp³-hybridized carbons (Fsp3) is 0.450. The Bertz CT molecular complexity index is 803. The fourth-order valence-corrected chi connectivity index (χ4v) is 2.99. The smallest absolute Gasteiger partial charge is 0.272 e. The molecule has 2 aromatic rings. The lowest BCUT2D eigenvalue weighted by Crippen LogP contribution is -2.49. The first-order valence-electron chi connectivity index (χ1n) is 9.60. The SMILES string of the molecule is CC(C)CCNC(=O)c1ccnc(C(=O)N2CCN(c3ncccn3)CC2)c1. The molecule has 1 fully saturated rings. The van der Waals surface area contributed by atoms with E-state index < -0.39 is 0 Å². The molecule has 0 aliphatic carbocycles. The van der Waals surface area contributed by atoms with Crippen LogP contribution in [0.3, 0.4) is 0 Å². The van der Waals surface area contributed by atoms with E-state index in [4.69, 9.17) is 0 Å². The van der Waals surface area contributed by atoms with Crippen LogP contribution >= 0.6 is 0 Å². The molecule has 1 saturated heterocycles. The van der Waals surface area contributed by atoms with Crippen molar-refractivity contribution in [1.82, 2.24) is 25.2 Å². The van der Waals surface area contributed by atoms with Gasteiger partial charge in [-0.05, 0) is 30.5 Å². The van der Waals surface area contributed by atoms with Gasteiger partial charge in [0.2, 0.25) is 5.95 Å². The maximum atomic E-state index is 12.8. The lowest BCUT2D eigenvalue weighted by atomic mass is 10.1. The van der Waals surface area contributed by atoms with Crippen LogP contribution in [-0.4, -0.2) is 64.4 Å². The molecule has 0 bridgehead atoms. The van der Waals surface area contributed by atoms with E-state index >= 15 is 0 Å². The van der Waals surface area contributed by atoms with Crippen LogP contribution in [0.4, 0.5) is 5.95 Å². The van der Waals surface area contributed by atoms with E-state index in [-0.39, 0.29) is 11.8 Å². The van der Waals surface area contributed by atoms with E-state index in [0.717, 1.165) is 6.42 Å². The number of hydrogen-bond donors (Lipinski definition) is 1. The van der Waals surface area contributed by atoms with Crippen molar-refractivity contribution in [3.8, 4) is 0 Å². The van der Waals surface area contributed by atoms with Crippen molar-refractivity contribution < 1.29 is 9.59 Å². The van der Waals surface area contributed by atoms with Crippen LogP contribution in [0.25, 0.3) is 0 Å². The largest absolute Gasteiger partial charge is 0.352 e. The van der Waals surface area contributed by atoms with Crippen LogP contribution in [0, 0.1) is 5.92 Å². The Balaban J connectivity index is 1.58. The van der Waals surface area contributed by atoms with Gasteiger partial charge >= 0.3 is 0 Å². The molecule has 0 saturated carbocycles.